The van der Waals surface area contributed by atoms with Gasteiger partial charge in [0.1, 0.15) is 11.2 Å². The molecule has 2 aromatic heterocycles. The van der Waals surface area contributed by atoms with Gasteiger partial charge in [-0.25, -0.2) is 9.59 Å². The van der Waals surface area contributed by atoms with Crippen LogP contribution in [0.15, 0.2) is 91.2 Å². The highest BCUT2D eigenvalue weighted by molar-refractivity contribution is 6.01. The van der Waals surface area contributed by atoms with Crippen LogP contribution < -0.4 is 16.2 Å². The molecule has 3 aromatic carbocycles. The van der Waals surface area contributed by atoms with Gasteiger partial charge in [0.15, 0.2) is 0 Å². The van der Waals surface area contributed by atoms with Gasteiger partial charge in [0.25, 0.3) is 0 Å². The van der Waals surface area contributed by atoms with Crippen LogP contribution in [0.2, 0.25) is 0 Å². The fourth-order valence-electron chi connectivity index (χ4n) is 4.01. The van der Waals surface area contributed by atoms with Crippen molar-refractivity contribution in [1.82, 2.24) is 0 Å². The molecule has 0 spiro atoms. The summed E-state index contributed by atoms with van der Waals surface area (Å²) in [7, 11) is 3.95. The molecule has 0 unspecified atom stereocenters. The molecule has 158 valence electrons. The molecule has 5 aromatic rings. The zero-order chi connectivity index (χ0) is 22.4. The van der Waals surface area contributed by atoms with Crippen molar-refractivity contribution >= 4 is 27.6 Å². The number of fused-ring (bicyclic) bond motifs is 2. The summed E-state index contributed by atoms with van der Waals surface area (Å²) in [5.74, 6) is 0. The van der Waals surface area contributed by atoms with E-state index in [0.29, 0.717) is 22.3 Å². The van der Waals surface area contributed by atoms with Crippen LogP contribution in [0.3, 0.4) is 0 Å². The van der Waals surface area contributed by atoms with Crippen molar-refractivity contribution in [2.24, 2.45) is 0 Å². The van der Waals surface area contributed by atoms with Crippen molar-refractivity contribution in [1.29, 1.82) is 0 Å². The molecule has 0 aliphatic carbocycles. The summed E-state index contributed by atoms with van der Waals surface area (Å²) < 4.78 is 11.2. The van der Waals surface area contributed by atoms with E-state index in [9.17, 15) is 9.59 Å². The second-order valence-corrected chi connectivity index (χ2v) is 8.09. The maximum atomic E-state index is 12.8. The Morgan fingerprint density at radius 3 is 2.28 bits per heavy atom. The number of nitrogens with zero attached hydrogens (tertiary/aromatic N) is 1. The highest BCUT2D eigenvalue weighted by Gasteiger charge is 2.16. The number of rotatable bonds is 3. The van der Waals surface area contributed by atoms with Crippen LogP contribution in [0, 0.1) is 6.92 Å². The molecule has 2 heterocycles. The second-order valence-electron chi connectivity index (χ2n) is 8.09. The van der Waals surface area contributed by atoms with E-state index in [2.05, 4.69) is 0 Å². The lowest BCUT2D eigenvalue weighted by atomic mass is 9.97. The molecule has 0 radical (unpaired) electrons. The molecule has 5 nitrogen and oxygen atoms in total. The molecule has 0 aliphatic rings. The smallest absolute Gasteiger partial charge is 0.344 e. The molecule has 5 heteroatoms. The molecular formula is C27H21NO4. The van der Waals surface area contributed by atoms with Gasteiger partial charge in [0.05, 0.1) is 5.56 Å². The van der Waals surface area contributed by atoms with E-state index < -0.39 is 11.3 Å². The predicted octanol–water partition coefficient (Wildman–Crippen LogP) is 5.61. The van der Waals surface area contributed by atoms with E-state index in [4.69, 9.17) is 8.83 Å². The van der Waals surface area contributed by atoms with Crippen molar-refractivity contribution in [3.05, 3.63) is 99.2 Å². The first kappa shape index (κ1) is 19.8. The Kier molecular flexibility index (Phi) is 4.67. The van der Waals surface area contributed by atoms with Gasteiger partial charge in [-0.3, -0.25) is 0 Å². The van der Waals surface area contributed by atoms with Crippen LogP contribution in [0.25, 0.3) is 44.2 Å². The standard InChI is InChI=1S/C27H21NO4/c1-16-7-12-24-18(13-16)14-23(27(30)31-24)21-6-4-5-20-22(15-25(29)32-26(20)21)17-8-10-19(11-9-17)28(2)3/h4-15H,1-3H3. The number of hydrogen-bond donors (Lipinski definition) is 0. The molecule has 0 bridgehead atoms. The number of benzene rings is 3. The summed E-state index contributed by atoms with van der Waals surface area (Å²) in [6.45, 7) is 1.98. The Hall–Kier alpha value is -4.12. The summed E-state index contributed by atoms with van der Waals surface area (Å²) in [6, 6.07) is 22.4. The Morgan fingerprint density at radius 1 is 0.750 bits per heavy atom. The first-order chi connectivity index (χ1) is 15.4. The molecule has 0 amide bonds. The maximum absolute atomic E-state index is 12.8. The molecule has 0 fully saturated rings. The van der Waals surface area contributed by atoms with Crippen molar-refractivity contribution in [3.63, 3.8) is 0 Å². The lowest BCUT2D eigenvalue weighted by Crippen LogP contribution is -2.08. The van der Waals surface area contributed by atoms with Gasteiger partial charge in [-0.15, -0.1) is 0 Å². The molecule has 5 rings (SSSR count). The zero-order valence-corrected chi connectivity index (χ0v) is 18.0. The largest absolute Gasteiger partial charge is 0.422 e. The topological polar surface area (TPSA) is 63.7 Å². The summed E-state index contributed by atoms with van der Waals surface area (Å²) in [6.07, 6.45) is 0. The van der Waals surface area contributed by atoms with Gasteiger partial charge in [-0.1, -0.05) is 42.0 Å². The Labute approximate surface area is 184 Å². The van der Waals surface area contributed by atoms with Crippen LogP contribution in [0.1, 0.15) is 5.56 Å². The van der Waals surface area contributed by atoms with Gasteiger partial charge >= 0.3 is 11.3 Å². The Morgan fingerprint density at radius 2 is 1.53 bits per heavy atom. The van der Waals surface area contributed by atoms with E-state index in [-0.39, 0.29) is 0 Å². The van der Waals surface area contributed by atoms with Gasteiger partial charge in [0, 0.05) is 42.2 Å². The minimum atomic E-state index is -0.475. The molecule has 0 atom stereocenters. The van der Waals surface area contributed by atoms with E-state index in [1.807, 2.05) is 74.4 Å². The molecule has 0 saturated carbocycles. The molecule has 0 N–H and O–H groups in total. The summed E-state index contributed by atoms with van der Waals surface area (Å²) in [5, 5.41) is 1.57. The van der Waals surface area contributed by atoms with Crippen LogP contribution in [0.4, 0.5) is 5.69 Å². The first-order valence-electron chi connectivity index (χ1n) is 10.3. The molecule has 32 heavy (non-hydrogen) atoms. The van der Waals surface area contributed by atoms with Gasteiger partial charge < -0.3 is 13.7 Å². The quantitative estimate of drug-likeness (QED) is 0.353. The van der Waals surface area contributed by atoms with E-state index in [0.717, 1.165) is 33.2 Å². The lowest BCUT2D eigenvalue weighted by Gasteiger charge is -2.13. The maximum Gasteiger partial charge on any atom is 0.344 e. The summed E-state index contributed by atoms with van der Waals surface area (Å²) in [5.41, 5.74) is 4.60. The van der Waals surface area contributed by atoms with E-state index in [1.165, 1.54) is 6.07 Å². The van der Waals surface area contributed by atoms with Crippen molar-refractivity contribution in [3.8, 4) is 22.3 Å². The first-order valence-corrected chi connectivity index (χ1v) is 10.3. The van der Waals surface area contributed by atoms with Crippen LogP contribution in [0.5, 0.6) is 0 Å². The fourth-order valence-corrected chi connectivity index (χ4v) is 4.01. The highest BCUT2D eigenvalue weighted by Crippen LogP contribution is 2.34. The SMILES string of the molecule is Cc1ccc2oc(=O)c(-c3cccc4c(-c5ccc(N(C)C)cc5)cc(=O)oc34)cc2c1. The van der Waals surface area contributed by atoms with Crippen molar-refractivity contribution in [2.45, 2.75) is 6.92 Å². The van der Waals surface area contributed by atoms with Gasteiger partial charge in [0.2, 0.25) is 0 Å². The number of aryl methyl sites for hydroxylation is 1. The normalized spacial score (nSPS) is 11.2. The third kappa shape index (κ3) is 3.38. The number of anilines is 1. The molecule has 0 saturated heterocycles. The van der Waals surface area contributed by atoms with Crippen LogP contribution in [-0.2, 0) is 0 Å². The molecular weight excluding hydrogens is 402 g/mol. The van der Waals surface area contributed by atoms with Crippen LogP contribution >= 0.6 is 0 Å². The average Bonchev–Trinajstić information content (AvgIpc) is 2.78. The van der Waals surface area contributed by atoms with Crippen molar-refractivity contribution in [2.75, 3.05) is 19.0 Å². The fraction of sp³-hybridized carbons (Fsp3) is 0.111. The van der Waals surface area contributed by atoms with Gasteiger partial charge in [-0.2, -0.15) is 0 Å². The predicted molar refractivity (Wildman–Crippen MR) is 128 cm³/mol. The average molecular weight is 423 g/mol. The third-order valence-electron chi connectivity index (χ3n) is 5.64. The van der Waals surface area contributed by atoms with E-state index >= 15 is 0 Å². The monoisotopic (exact) mass is 423 g/mol. The molecule has 0 aliphatic heterocycles. The van der Waals surface area contributed by atoms with Crippen LogP contribution in [-0.4, -0.2) is 14.1 Å². The summed E-state index contributed by atoms with van der Waals surface area (Å²) >= 11 is 0. The Bertz CT molecular complexity index is 1590. The highest BCUT2D eigenvalue weighted by atomic mass is 16.4. The third-order valence-corrected chi connectivity index (χ3v) is 5.64. The Balaban J connectivity index is 1.76. The second kappa shape index (κ2) is 7.54. The van der Waals surface area contributed by atoms with E-state index in [1.54, 1.807) is 18.2 Å². The minimum absolute atomic E-state index is 0.358. The lowest BCUT2D eigenvalue weighted by molar-refractivity contribution is 0.556. The zero-order valence-electron chi connectivity index (χ0n) is 18.0. The number of hydrogen-bond acceptors (Lipinski definition) is 5. The minimum Gasteiger partial charge on any atom is -0.422 e. The van der Waals surface area contributed by atoms with Gasteiger partial charge in [-0.05, 0) is 48.4 Å². The van der Waals surface area contributed by atoms with Crippen molar-refractivity contribution < 1.29 is 8.83 Å². The number of para-hydroxylation sites is 1. The summed E-state index contributed by atoms with van der Waals surface area (Å²) in [4.78, 5) is 27.3.